The second kappa shape index (κ2) is 9.69. The molecule has 1 aliphatic heterocycles. The number of rotatable bonds is 7. The number of hydrogen-bond donors (Lipinski definition) is 3. The Morgan fingerprint density at radius 2 is 2.00 bits per heavy atom. The molecule has 1 aliphatic rings. The molecule has 33 heavy (non-hydrogen) atoms. The molecule has 0 spiro atoms. The fourth-order valence-electron chi connectivity index (χ4n) is 4.07. The maximum absolute atomic E-state index is 12.7. The van der Waals surface area contributed by atoms with E-state index in [1.807, 2.05) is 24.5 Å². The van der Waals surface area contributed by atoms with E-state index in [4.69, 9.17) is 4.98 Å². The third kappa shape index (κ3) is 4.84. The number of benzene rings is 1. The number of hydrogen-bond acceptors (Lipinski definition) is 7. The Bertz CT molecular complexity index is 1280. The average Bonchev–Trinajstić information content (AvgIpc) is 3.39. The van der Waals surface area contributed by atoms with Gasteiger partial charge in [-0.15, -0.1) is 22.7 Å². The van der Waals surface area contributed by atoms with Crippen molar-refractivity contribution in [3.8, 4) is 21.7 Å². The van der Waals surface area contributed by atoms with Gasteiger partial charge in [0.05, 0.1) is 10.2 Å². The summed E-state index contributed by atoms with van der Waals surface area (Å²) in [6.45, 7) is 6.63. The van der Waals surface area contributed by atoms with Gasteiger partial charge in [-0.1, -0.05) is 19.9 Å². The van der Waals surface area contributed by atoms with Crippen molar-refractivity contribution in [2.45, 2.75) is 39.3 Å². The van der Waals surface area contributed by atoms with Crippen LogP contribution in [0.3, 0.4) is 0 Å². The van der Waals surface area contributed by atoms with Crippen LogP contribution in [0.15, 0.2) is 42.7 Å². The van der Waals surface area contributed by atoms with E-state index in [9.17, 15) is 4.79 Å². The number of thiazole rings is 1. The highest BCUT2D eigenvalue weighted by molar-refractivity contribution is 7.23. The van der Waals surface area contributed by atoms with E-state index in [0.717, 1.165) is 56.4 Å². The molecule has 1 aromatic carbocycles. The van der Waals surface area contributed by atoms with Gasteiger partial charge in [-0.25, -0.2) is 4.98 Å². The fraction of sp³-hybridized carbons (Fsp3) is 0.320. The van der Waals surface area contributed by atoms with Gasteiger partial charge in [0.25, 0.3) is 0 Å². The zero-order valence-electron chi connectivity index (χ0n) is 18.8. The van der Waals surface area contributed by atoms with Gasteiger partial charge < -0.3 is 16.0 Å². The van der Waals surface area contributed by atoms with Crippen molar-refractivity contribution in [1.82, 2.24) is 20.6 Å². The smallest absolute Gasteiger partial charge is 0.226 e. The maximum atomic E-state index is 12.7. The molecule has 0 saturated heterocycles. The first kappa shape index (κ1) is 22.2. The number of thiophene rings is 1. The molecule has 4 heterocycles. The Kier molecular flexibility index (Phi) is 6.50. The summed E-state index contributed by atoms with van der Waals surface area (Å²) >= 11 is 3.38. The number of amides is 1. The van der Waals surface area contributed by atoms with Crippen molar-refractivity contribution >= 4 is 43.8 Å². The normalized spacial score (nSPS) is 13.4. The Labute approximate surface area is 201 Å². The molecule has 6 nitrogen and oxygen atoms in total. The maximum Gasteiger partial charge on any atom is 0.226 e. The van der Waals surface area contributed by atoms with Crippen LogP contribution >= 0.6 is 22.7 Å². The zero-order valence-corrected chi connectivity index (χ0v) is 20.4. The Morgan fingerprint density at radius 3 is 2.82 bits per heavy atom. The van der Waals surface area contributed by atoms with Crippen LogP contribution in [0, 0.1) is 0 Å². The SMILES string of the molecule is CC(C)NCCC(=O)Nc1sc2c(c1-c1nc3ccc(-c4ccncc4)cc3s1)CCNC2. The van der Waals surface area contributed by atoms with Crippen LogP contribution in [-0.4, -0.2) is 35.0 Å². The molecule has 0 atom stereocenters. The molecule has 8 heteroatoms. The van der Waals surface area contributed by atoms with Crippen LogP contribution in [0.2, 0.25) is 0 Å². The number of aromatic nitrogens is 2. The molecular formula is C25H27N5OS2. The molecule has 3 aromatic heterocycles. The Balaban J connectivity index is 1.48. The van der Waals surface area contributed by atoms with Crippen molar-refractivity contribution in [2.75, 3.05) is 18.4 Å². The number of carbonyl (C=O) groups excluding carboxylic acids is 1. The first-order valence-corrected chi connectivity index (χ1v) is 12.9. The highest BCUT2D eigenvalue weighted by atomic mass is 32.1. The topological polar surface area (TPSA) is 78.9 Å². The molecule has 5 rings (SSSR count). The first-order valence-electron chi connectivity index (χ1n) is 11.3. The van der Waals surface area contributed by atoms with Gasteiger partial charge in [0.1, 0.15) is 10.0 Å². The van der Waals surface area contributed by atoms with Gasteiger partial charge in [-0.05, 0) is 53.9 Å². The summed E-state index contributed by atoms with van der Waals surface area (Å²) in [5, 5.41) is 11.9. The number of pyridine rings is 1. The largest absolute Gasteiger partial charge is 0.317 e. The lowest BCUT2D eigenvalue weighted by molar-refractivity contribution is -0.116. The lowest BCUT2D eigenvalue weighted by atomic mass is 10.0. The quantitative estimate of drug-likeness (QED) is 0.347. The third-order valence-corrected chi connectivity index (χ3v) is 7.88. The van der Waals surface area contributed by atoms with Gasteiger partial charge in [0.2, 0.25) is 5.91 Å². The molecular weight excluding hydrogens is 450 g/mol. The number of anilines is 1. The molecule has 0 bridgehead atoms. The van der Waals surface area contributed by atoms with Crippen LogP contribution in [0.5, 0.6) is 0 Å². The number of fused-ring (bicyclic) bond motifs is 2. The zero-order chi connectivity index (χ0) is 22.8. The fourth-order valence-corrected chi connectivity index (χ4v) is 6.45. The summed E-state index contributed by atoms with van der Waals surface area (Å²) in [7, 11) is 0. The molecule has 0 aliphatic carbocycles. The lowest BCUT2D eigenvalue weighted by Crippen LogP contribution is -2.27. The van der Waals surface area contributed by atoms with E-state index in [2.05, 4.69) is 53.0 Å². The van der Waals surface area contributed by atoms with E-state index in [0.29, 0.717) is 19.0 Å². The highest BCUT2D eigenvalue weighted by Gasteiger charge is 2.25. The molecule has 0 fully saturated rings. The van der Waals surface area contributed by atoms with E-state index in [-0.39, 0.29) is 5.91 Å². The average molecular weight is 478 g/mol. The molecule has 4 aromatic rings. The summed E-state index contributed by atoms with van der Waals surface area (Å²) < 4.78 is 1.15. The van der Waals surface area contributed by atoms with Crippen LogP contribution in [0.1, 0.15) is 30.7 Å². The predicted octanol–water partition coefficient (Wildman–Crippen LogP) is 5.06. The summed E-state index contributed by atoms with van der Waals surface area (Å²) in [6, 6.07) is 10.8. The second-order valence-corrected chi connectivity index (χ2v) is 10.6. The Morgan fingerprint density at radius 1 is 1.15 bits per heavy atom. The summed E-state index contributed by atoms with van der Waals surface area (Å²) in [4.78, 5) is 23.1. The van der Waals surface area contributed by atoms with Crippen molar-refractivity contribution in [3.63, 3.8) is 0 Å². The second-order valence-electron chi connectivity index (χ2n) is 8.48. The van der Waals surface area contributed by atoms with Crippen molar-refractivity contribution in [2.24, 2.45) is 0 Å². The van der Waals surface area contributed by atoms with Gasteiger partial charge >= 0.3 is 0 Å². The van der Waals surface area contributed by atoms with Crippen LogP contribution < -0.4 is 16.0 Å². The molecule has 3 N–H and O–H groups in total. The number of nitrogens with zero attached hydrogens (tertiary/aromatic N) is 2. The summed E-state index contributed by atoms with van der Waals surface area (Å²) in [6.07, 6.45) is 5.03. The number of nitrogens with one attached hydrogen (secondary N) is 3. The van der Waals surface area contributed by atoms with Crippen molar-refractivity contribution in [1.29, 1.82) is 0 Å². The van der Waals surface area contributed by atoms with Crippen LogP contribution in [0.25, 0.3) is 31.9 Å². The molecule has 1 amide bonds. The van der Waals surface area contributed by atoms with Crippen molar-refractivity contribution < 1.29 is 4.79 Å². The minimum absolute atomic E-state index is 0.0389. The van der Waals surface area contributed by atoms with Gasteiger partial charge in [0.15, 0.2) is 0 Å². The monoisotopic (exact) mass is 477 g/mol. The standard InChI is InChI=1S/C25H27N5OS2/c1-15(2)28-12-8-22(31)30-25-23(18-7-11-27-14-21(18)33-25)24-29-19-4-3-17(13-20(19)32-24)16-5-9-26-10-6-16/h3-6,9-10,13,15,27-28H,7-8,11-12,14H2,1-2H3,(H,30,31). The summed E-state index contributed by atoms with van der Waals surface area (Å²) in [5.41, 5.74) is 5.71. The van der Waals surface area contributed by atoms with Gasteiger partial charge in [-0.3, -0.25) is 9.78 Å². The molecule has 170 valence electrons. The van der Waals surface area contributed by atoms with E-state index >= 15 is 0 Å². The van der Waals surface area contributed by atoms with Crippen molar-refractivity contribution in [3.05, 3.63) is 53.2 Å². The third-order valence-electron chi connectivity index (χ3n) is 5.70. The highest BCUT2D eigenvalue weighted by Crippen LogP contribution is 2.45. The van der Waals surface area contributed by atoms with E-state index in [1.54, 1.807) is 22.7 Å². The van der Waals surface area contributed by atoms with Crippen LogP contribution in [0.4, 0.5) is 5.00 Å². The van der Waals surface area contributed by atoms with Gasteiger partial charge in [-0.2, -0.15) is 0 Å². The molecule has 0 unspecified atom stereocenters. The first-order chi connectivity index (χ1) is 16.1. The minimum Gasteiger partial charge on any atom is -0.317 e. The molecule has 0 saturated carbocycles. The van der Waals surface area contributed by atoms with Crippen LogP contribution in [-0.2, 0) is 17.8 Å². The van der Waals surface area contributed by atoms with E-state index < -0.39 is 0 Å². The molecule has 0 radical (unpaired) electrons. The predicted molar refractivity (Wildman–Crippen MR) is 138 cm³/mol. The van der Waals surface area contributed by atoms with Gasteiger partial charge in [0, 0.05) is 48.4 Å². The minimum atomic E-state index is 0.0389. The number of carbonyl (C=O) groups is 1. The van der Waals surface area contributed by atoms with E-state index in [1.165, 1.54) is 10.4 Å². The summed E-state index contributed by atoms with van der Waals surface area (Å²) in [5.74, 6) is 0.0389. The Hall–Kier alpha value is -2.65. The lowest BCUT2D eigenvalue weighted by Gasteiger charge is -2.13.